The molecule has 3 heteroatoms. The quantitative estimate of drug-likeness (QED) is 0.783. The topological polar surface area (TPSA) is 26.3 Å². The molecule has 1 aliphatic carbocycles. The van der Waals surface area contributed by atoms with E-state index >= 15 is 0 Å². The molecule has 0 aliphatic heterocycles. The SMILES string of the molecule is O=C(CCOc1ccc(F)cc1)C1CCCC1. The summed E-state index contributed by atoms with van der Waals surface area (Å²) < 4.78 is 18.0. The molecule has 1 aromatic carbocycles. The summed E-state index contributed by atoms with van der Waals surface area (Å²) in [6.07, 6.45) is 4.89. The van der Waals surface area contributed by atoms with E-state index in [2.05, 4.69) is 0 Å². The van der Waals surface area contributed by atoms with Crippen LogP contribution in [0, 0.1) is 11.7 Å². The molecule has 1 saturated carbocycles. The third-order valence-corrected chi connectivity index (χ3v) is 3.24. The largest absolute Gasteiger partial charge is 0.493 e. The predicted molar refractivity (Wildman–Crippen MR) is 63.5 cm³/mol. The van der Waals surface area contributed by atoms with Gasteiger partial charge in [-0.3, -0.25) is 4.79 Å². The van der Waals surface area contributed by atoms with Crippen molar-refractivity contribution < 1.29 is 13.9 Å². The smallest absolute Gasteiger partial charge is 0.139 e. The molecule has 0 heterocycles. The first-order valence-corrected chi connectivity index (χ1v) is 6.17. The maximum absolute atomic E-state index is 12.6. The Kier molecular flexibility index (Phi) is 4.13. The average Bonchev–Trinajstić information content (AvgIpc) is 2.85. The Morgan fingerprint density at radius 2 is 1.88 bits per heavy atom. The van der Waals surface area contributed by atoms with Crippen LogP contribution in [-0.2, 0) is 4.79 Å². The zero-order valence-electron chi connectivity index (χ0n) is 9.82. The van der Waals surface area contributed by atoms with Gasteiger partial charge in [0.15, 0.2) is 0 Å². The van der Waals surface area contributed by atoms with E-state index in [1.807, 2.05) is 0 Å². The molecule has 0 unspecified atom stereocenters. The van der Waals surface area contributed by atoms with E-state index in [1.165, 1.54) is 25.0 Å². The molecule has 17 heavy (non-hydrogen) atoms. The van der Waals surface area contributed by atoms with Gasteiger partial charge in [-0.2, -0.15) is 0 Å². The van der Waals surface area contributed by atoms with E-state index in [-0.39, 0.29) is 11.7 Å². The Balaban J connectivity index is 1.72. The lowest BCUT2D eigenvalue weighted by Gasteiger charge is -2.09. The number of carbonyl (C=O) groups excluding carboxylic acids is 1. The molecule has 0 saturated heterocycles. The summed E-state index contributed by atoms with van der Waals surface area (Å²) in [7, 11) is 0. The number of carbonyl (C=O) groups is 1. The van der Waals surface area contributed by atoms with Crippen LogP contribution in [0.1, 0.15) is 32.1 Å². The Labute approximate surface area is 101 Å². The van der Waals surface area contributed by atoms with Crippen LogP contribution in [0.4, 0.5) is 4.39 Å². The molecular formula is C14H17FO2. The molecule has 0 amide bonds. The van der Waals surface area contributed by atoms with Gasteiger partial charge in [-0.15, -0.1) is 0 Å². The van der Waals surface area contributed by atoms with Gasteiger partial charge < -0.3 is 4.74 Å². The second kappa shape index (κ2) is 5.80. The molecule has 0 aromatic heterocycles. The molecule has 2 nitrogen and oxygen atoms in total. The molecule has 92 valence electrons. The van der Waals surface area contributed by atoms with Crippen LogP contribution in [0.2, 0.25) is 0 Å². The number of benzene rings is 1. The summed E-state index contributed by atoms with van der Waals surface area (Å²) in [5, 5.41) is 0. The lowest BCUT2D eigenvalue weighted by Crippen LogP contribution is -2.14. The molecule has 1 aliphatic rings. The Hall–Kier alpha value is -1.38. The third kappa shape index (κ3) is 3.55. The number of hydrogen-bond acceptors (Lipinski definition) is 2. The van der Waals surface area contributed by atoms with E-state index < -0.39 is 0 Å². The minimum absolute atomic E-state index is 0.256. The zero-order chi connectivity index (χ0) is 12.1. The molecule has 0 spiro atoms. The highest BCUT2D eigenvalue weighted by molar-refractivity contribution is 5.81. The molecule has 0 bridgehead atoms. The number of ketones is 1. The lowest BCUT2D eigenvalue weighted by molar-refractivity contribution is -0.123. The van der Waals surface area contributed by atoms with Crippen molar-refractivity contribution in [3.63, 3.8) is 0 Å². The second-order valence-electron chi connectivity index (χ2n) is 4.50. The predicted octanol–water partition coefficient (Wildman–Crippen LogP) is 3.35. The molecule has 2 rings (SSSR count). The van der Waals surface area contributed by atoms with Gasteiger partial charge in [-0.1, -0.05) is 12.8 Å². The van der Waals surface area contributed by atoms with Gasteiger partial charge in [-0.25, -0.2) is 4.39 Å². The molecule has 0 atom stereocenters. The fourth-order valence-electron chi connectivity index (χ4n) is 2.25. The van der Waals surface area contributed by atoms with Crippen molar-refractivity contribution in [3.8, 4) is 5.75 Å². The fraction of sp³-hybridized carbons (Fsp3) is 0.500. The van der Waals surface area contributed by atoms with Crippen molar-refractivity contribution in [2.24, 2.45) is 5.92 Å². The van der Waals surface area contributed by atoms with Crippen LogP contribution in [0.25, 0.3) is 0 Å². The number of rotatable bonds is 5. The van der Waals surface area contributed by atoms with Crippen LogP contribution in [0.5, 0.6) is 5.75 Å². The maximum atomic E-state index is 12.6. The number of halogens is 1. The first-order chi connectivity index (χ1) is 8.25. The first-order valence-electron chi connectivity index (χ1n) is 6.17. The van der Waals surface area contributed by atoms with Gasteiger partial charge in [-0.05, 0) is 37.1 Å². The summed E-state index contributed by atoms with van der Waals surface area (Å²) >= 11 is 0. The van der Waals surface area contributed by atoms with E-state index in [9.17, 15) is 9.18 Å². The molecular weight excluding hydrogens is 219 g/mol. The number of Topliss-reactive ketones (excluding diaryl/α,β-unsaturated/α-hetero) is 1. The Morgan fingerprint density at radius 3 is 2.53 bits per heavy atom. The number of hydrogen-bond donors (Lipinski definition) is 0. The van der Waals surface area contributed by atoms with Crippen molar-refractivity contribution in [1.29, 1.82) is 0 Å². The molecule has 0 radical (unpaired) electrons. The van der Waals surface area contributed by atoms with Gasteiger partial charge >= 0.3 is 0 Å². The fourth-order valence-corrected chi connectivity index (χ4v) is 2.25. The van der Waals surface area contributed by atoms with Crippen molar-refractivity contribution in [2.75, 3.05) is 6.61 Å². The van der Waals surface area contributed by atoms with E-state index in [1.54, 1.807) is 12.1 Å². The van der Waals surface area contributed by atoms with Crippen LogP contribution in [-0.4, -0.2) is 12.4 Å². The summed E-state index contributed by atoms with van der Waals surface area (Å²) in [6.45, 7) is 0.390. The molecule has 1 aromatic rings. The summed E-state index contributed by atoms with van der Waals surface area (Å²) in [6, 6.07) is 5.87. The normalized spacial score (nSPS) is 16.1. The summed E-state index contributed by atoms with van der Waals surface area (Å²) in [5.74, 6) is 0.904. The average molecular weight is 236 g/mol. The van der Waals surface area contributed by atoms with Crippen molar-refractivity contribution in [3.05, 3.63) is 30.1 Å². The van der Waals surface area contributed by atoms with Crippen molar-refractivity contribution in [1.82, 2.24) is 0 Å². The minimum Gasteiger partial charge on any atom is -0.493 e. The first kappa shape index (κ1) is 12.1. The van der Waals surface area contributed by atoms with Gasteiger partial charge in [0.25, 0.3) is 0 Å². The van der Waals surface area contributed by atoms with Gasteiger partial charge in [0.05, 0.1) is 6.61 Å². The lowest BCUT2D eigenvalue weighted by atomic mass is 10.0. The van der Waals surface area contributed by atoms with Gasteiger partial charge in [0.1, 0.15) is 17.3 Å². The van der Waals surface area contributed by atoms with Gasteiger partial charge in [0, 0.05) is 12.3 Å². The minimum atomic E-state index is -0.278. The molecule has 1 fully saturated rings. The third-order valence-electron chi connectivity index (χ3n) is 3.24. The van der Waals surface area contributed by atoms with Crippen LogP contribution in [0.15, 0.2) is 24.3 Å². The van der Waals surface area contributed by atoms with E-state index in [4.69, 9.17) is 4.74 Å². The monoisotopic (exact) mass is 236 g/mol. The highest BCUT2D eigenvalue weighted by atomic mass is 19.1. The highest BCUT2D eigenvalue weighted by Crippen LogP contribution is 2.26. The maximum Gasteiger partial charge on any atom is 0.139 e. The van der Waals surface area contributed by atoms with Crippen molar-refractivity contribution >= 4 is 5.78 Å². The van der Waals surface area contributed by atoms with Gasteiger partial charge in [0.2, 0.25) is 0 Å². The van der Waals surface area contributed by atoms with E-state index in [0.717, 1.165) is 12.8 Å². The summed E-state index contributed by atoms with van der Waals surface area (Å²) in [4.78, 5) is 11.7. The standard InChI is InChI=1S/C14H17FO2/c15-12-5-7-13(8-6-12)17-10-9-14(16)11-3-1-2-4-11/h5-8,11H,1-4,9-10H2. The Bertz CT molecular complexity index is 366. The number of ether oxygens (including phenoxy) is 1. The van der Waals surface area contributed by atoms with E-state index in [0.29, 0.717) is 24.6 Å². The molecule has 0 N–H and O–H groups in total. The highest BCUT2D eigenvalue weighted by Gasteiger charge is 2.21. The second-order valence-corrected chi connectivity index (χ2v) is 4.50. The zero-order valence-corrected chi connectivity index (χ0v) is 9.82. The Morgan fingerprint density at radius 1 is 1.24 bits per heavy atom. The van der Waals surface area contributed by atoms with Crippen LogP contribution >= 0.6 is 0 Å². The van der Waals surface area contributed by atoms with Crippen molar-refractivity contribution in [2.45, 2.75) is 32.1 Å². The van der Waals surface area contributed by atoms with Crippen LogP contribution < -0.4 is 4.74 Å². The van der Waals surface area contributed by atoms with Crippen LogP contribution in [0.3, 0.4) is 0 Å². The summed E-state index contributed by atoms with van der Waals surface area (Å²) in [5.41, 5.74) is 0.